The second-order valence-electron chi connectivity index (χ2n) is 6.35. The molecule has 1 heterocycles. The number of nitrogens with zero attached hydrogens (tertiary/aromatic N) is 1. The molecule has 26 heavy (non-hydrogen) atoms. The fourth-order valence-electron chi connectivity index (χ4n) is 2.95. The number of para-hydroxylation sites is 1. The Morgan fingerprint density at radius 3 is 2.31 bits per heavy atom. The summed E-state index contributed by atoms with van der Waals surface area (Å²) in [5, 5.41) is 2.83. The van der Waals surface area contributed by atoms with Crippen LogP contribution in [-0.4, -0.2) is 31.7 Å². The minimum atomic E-state index is -3.30. The fraction of sp³-hybridized carbons (Fsp3) is 0.316. The normalized spacial score (nSPS) is 15.6. The third-order valence-corrected chi connectivity index (χ3v) is 6.94. The van der Waals surface area contributed by atoms with E-state index in [1.807, 2.05) is 24.3 Å². The molecule has 2 aromatic rings. The Kier molecular flexibility index (Phi) is 6.11. The second-order valence-corrected chi connectivity index (χ2v) is 9.17. The molecule has 3 rings (SSSR count). The van der Waals surface area contributed by atoms with E-state index in [4.69, 9.17) is 0 Å². The smallest absolute Gasteiger partial charge is 0.255 e. The van der Waals surface area contributed by atoms with Gasteiger partial charge in [0.25, 0.3) is 5.91 Å². The third-order valence-electron chi connectivity index (χ3n) is 4.40. The number of amides is 1. The lowest BCUT2D eigenvalue weighted by Crippen LogP contribution is -2.36. The van der Waals surface area contributed by atoms with Gasteiger partial charge < -0.3 is 5.32 Å². The van der Waals surface area contributed by atoms with Crippen LogP contribution in [0.1, 0.15) is 35.2 Å². The van der Waals surface area contributed by atoms with Gasteiger partial charge in [0.2, 0.25) is 10.0 Å². The highest BCUT2D eigenvalue weighted by Crippen LogP contribution is 2.22. The van der Waals surface area contributed by atoms with Crippen LogP contribution in [0.2, 0.25) is 0 Å². The maximum absolute atomic E-state index is 12.5. The van der Waals surface area contributed by atoms with E-state index in [9.17, 15) is 13.2 Å². The zero-order chi connectivity index (χ0) is 18.6. The third kappa shape index (κ3) is 4.72. The molecule has 5 nitrogen and oxygen atoms in total. The molecule has 0 spiro atoms. The van der Waals surface area contributed by atoms with E-state index in [0.717, 1.165) is 23.7 Å². The first-order chi connectivity index (χ1) is 12.5. The van der Waals surface area contributed by atoms with Crippen LogP contribution in [0.5, 0.6) is 0 Å². The number of hydrogen-bond acceptors (Lipinski definition) is 3. The van der Waals surface area contributed by atoms with Crippen molar-refractivity contribution in [2.75, 3.05) is 18.4 Å². The van der Waals surface area contributed by atoms with Gasteiger partial charge in [0.15, 0.2) is 0 Å². The Balaban J connectivity index is 1.66. The predicted molar refractivity (Wildman–Crippen MR) is 107 cm³/mol. The van der Waals surface area contributed by atoms with Gasteiger partial charge in [-0.15, -0.1) is 0 Å². The number of halogens is 1. The van der Waals surface area contributed by atoms with E-state index >= 15 is 0 Å². The molecule has 0 aliphatic carbocycles. The van der Waals surface area contributed by atoms with Gasteiger partial charge in [-0.1, -0.05) is 30.7 Å². The highest BCUT2D eigenvalue weighted by molar-refractivity contribution is 9.10. The maximum atomic E-state index is 12.5. The van der Waals surface area contributed by atoms with Crippen molar-refractivity contribution < 1.29 is 13.2 Å². The van der Waals surface area contributed by atoms with Gasteiger partial charge in [-0.25, -0.2) is 12.7 Å². The van der Waals surface area contributed by atoms with Crippen molar-refractivity contribution in [3.63, 3.8) is 0 Å². The molecule has 1 saturated heterocycles. The lowest BCUT2D eigenvalue weighted by molar-refractivity contribution is 0.102. The minimum absolute atomic E-state index is 0.0286. The van der Waals surface area contributed by atoms with Gasteiger partial charge in [0.05, 0.1) is 11.4 Å². The quantitative estimate of drug-likeness (QED) is 0.769. The van der Waals surface area contributed by atoms with Gasteiger partial charge in [-0.2, -0.15) is 0 Å². The second kappa shape index (κ2) is 8.33. The van der Waals surface area contributed by atoms with E-state index in [2.05, 4.69) is 21.2 Å². The summed E-state index contributed by atoms with van der Waals surface area (Å²) in [6.45, 7) is 1.21. The van der Waals surface area contributed by atoms with Gasteiger partial charge in [0, 0.05) is 23.1 Å². The SMILES string of the molecule is O=C(Nc1ccccc1Br)c1ccc(CS(=O)(=O)N2CCCCC2)cc1. The lowest BCUT2D eigenvalue weighted by atomic mass is 10.1. The molecule has 0 unspecified atom stereocenters. The molecule has 0 atom stereocenters. The molecular formula is C19H21BrN2O3S. The average molecular weight is 437 g/mol. The predicted octanol–water partition coefficient (Wildman–Crippen LogP) is 4.02. The molecule has 1 aliphatic rings. The summed E-state index contributed by atoms with van der Waals surface area (Å²) in [6.07, 6.45) is 2.94. The molecule has 0 bridgehead atoms. The average Bonchev–Trinajstić information content (AvgIpc) is 2.64. The van der Waals surface area contributed by atoms with E-state index in [0.29, 0.717) is 29.9 Å². The first kappa shape index (κ1) is 19.1. The Hall–Kier alpha value is -1.70. The molecule has 138 valence electrons. The van der Waals surface area contributed by atoms with Crippen LogP contribution < -0.4 is 5.32 Å². The highest BCUT2D eigenvalue weighted by Gasteiger charge is 2.24. The van der Waals surface area contributed by atoms with Gasteiger partial charge in [-0.3, -0.25) is 4.79 Å². The number of carbonyl (C=O) groups is 1. The topological polar surface area (TPSA) is 66.5 Å². The maximum Gasteiger partial charge on any atom is 0.255 e. The highest BCUT2D eigenvalue weighted by atomic mass is 79.9. The number of nitrogens with one attached hydrogen (secondary N) is 1. The first-order valence-electron chi connectivity index (χ1n) is 8.58. The van der Waals surface area contributed by atoms with Crippen molar-refractivity contribution in [2.45, 2.75) is 25.0 Å². The van der Waals surface area contributed by atoms with Crippen molar-refractivity contribution in [1.29, 1.82) is 0 Å². The largest absolute Gasteiger partial charge is 0.321 e. The van der Waals surface area contributed by atoms with Crippen LogP contribution >= 0.6 is 15.9 Å². The van der Waals surface area contributed by atoms with E-state index in [-0.39, 0.29) is 11.7 Å². The fourth-order valence-corrected chi connectivity index (χ4v) is 4.95. The van der Waals surface area contributed by atoms with Gasteiger partial charge >= 0.3 is 0 Å². The lowest BCUT2D eigenvalue weighted by Gasteiger charge is -2.25. The summed E-state index contributed by atoms with van der Waals surface area (Å²) in [5.74, 6) is -0.263. The van der Waals surface area contributed by atoms with Crippen molar-refractivity contribution in [3.05, 3.63) is 64.1 Å². The van der Waals surface area contributed by atoms with Gasteiger partial charge in [-0.05, 0) is 58.6 Å². The van der Waals surface area contributed by atoms with Gasteiger partial charge in [0.1, 0.15) is 0 Å². The number of hydrogen-bond donors (Lipinski definition) is 1. The standard InChI is InChI=1S/C19H21BrN2O3S/c20-17-6-2-3-7-18(17)21-19(23)16-10-8-15(9-11-16)14-26(24,25)22-12-4-1-5-13-22/h2-3,6-11H,1,4-5,12-14H2,(H,21,23). The van der Waals surface area contributed by atoms with Crippen molar-refractivity contribution in [2.24, 2.45) is 0 Å². The monoisotopic (exact) mass is 436 g/mol. The molecule has 1 amide bonds. The Morgan fingerprint density at radius 1 is 1.00 bits per heavy atom. The molecule has 7 heteroatoms. The summed E-state index contributed by atoms with van der Waals surface area (Å²) in [7, 11) is -3.30. The summed E-state index contributed by atoms with van der Waals surface area (Å²) in [4.78, 5) is 12.4. The minimum Gasteiger partial charge on any atom is -0.321 e. The van der Waals surface area contributed by atoms with Crippen LogP contribution in [0.25, 0.3) is 0 Å². The first-order valence-corrected chi connectivity index (χ1v) is 11.0. The van der Waals surface area contributed by atoms with Crippen LogP contribution in [0.15, 0.2) is 53.0 Å². The van der Waals surface area contributed by atoms with Crippen molar-refractivity contribution in [3.8, 4) is 0 Å². The van der Waals surface area contributed by atoms with E-state index in [1.165, 1.54) is 0 Å². The zero-order valence-corrected chi connectivity index (χ0v) is 16.7. The molecule has 1 aliphatic heterocycles. The number of piperidine rings is 1. The summed E-state index contributed by atoms with van der Waals surface area (Å²) in [6, 6.07) is 14.1. The van der Waals surface area contributed by atoms with Crippen LogP contribution in [0.3, 0.4) is 0 Å². The number of sulfonamides is 1. The summed E-state index contributed by atoms with van der Waals surface area (Å²) >= 11 is 3.39. The van der Waals surface area contributed by atoms with Crippen molar-refractivity contribution >= 4 is 37.5 Å². The number of benzene rings is 2. The molecule has 1 N–H and O–H groups in total. The zero-order valence-electron chi connectivity index (χ0n) is 14.3. The summed E-state index contributed by atoms with van der Waals surface area (Å²) in [5.41, 5.74) is 1.86. The number of carbonyl (C=O) groups excluding carboxylic acids is 1. The molecule has 1 fully saturated rings. The Bertz CT molecular complexity index is 876. The van der Waals surface area contributed by atoms with E-state index < -0.39 is 10.0 Å². The summed E-state index contributed by atoms with van der Waals surface area (Å²) < 4.78 is 27.4. The molecule has 0 saturated carbocycles. The molecular weight excluding hydrogens is 416 g/mol. The Labute approximate surface area is 162 Å². The molecule has 0 radical (unpaired) electrons. The number of rotatable bonds is 5. The van der Waals surface area contributed by atoms with E-state index in [1.54, 1.807) is 28.6 Å². The van der Waals surface area contributed by atoms with Crippen molar-refractivity contribution in [1.82, 2.24) is 4.31 Å². The molecule has 2 aromatic carbocycles. The molecule has 0 aromatic heterocycles. The number of anilines is 1. The Morgan fingerprint density at radius 2 is 1.65 bits per heavy atom. The van der Waals surface area contributed by atoms with Crippen LogP contribution in [0, 0.1) is 0 Å². The van der Waals surface area contributed by atoms with Crippen LogP contribution in [-0.2, 0) is 15.8 Å². The van der Waals surface area contributed by atoms with Crippen LogP contribution in [0.4, 0.5) is 5.69 Å².